The summed E-state index contributed by atoms with van der Waals surface area (Å²) in [6.07, 6.45) is -3.34. The van der Waals surface area contributed by atoms with Crippen LogP contribution in [0.5, 0.6) is 0 Å². The number of hydrogen-bond donors (Lipinski definition) is 3. The molecule has 0 saturated heterocycles. The van der Waals surface area contributed by atoms with Crippen LogP contribution in [-0.4, -0.2) is 26.4 Å². The maximum Gasteiger partial charge on any atom is 0.416 e. The van der Waals surface area contributed by atoms with Gasteiger partial charge in [-0.25, -0.2) is 13.3 Å². The molecule has 0 aliphatic carbocycles. The monoisotopic (exact) mass is 598 g/mol. The van der Waals surface area contributed by atoms with Gasteiger partial charge in [-0.05, 0) is 71.8 Å². The van der Waals surface area contributed by atoms with Crippen molar-refractivity contribution in [1.29, 1.82) is 0 Å². The van der Waals surface area contributed by atoms with Crippen LogP contribution < -0.4 is 16.4 Å². The predicted octanol–water partition coefficient (Wildman–Crippen LogP) is 6.01. The van der Waals surface area contributed by atoms with Gasteiger partial charge in [0.2, 0.25) is 5.95 Å². The summed E-state index contributed by atoms with van der Waals surface area (Å²) >= 11 is 6.33. The van der Waals surface area contributed by atoms with Crippen molar-refractivity contribution in [1.82, 2.24) is 19.9 Å². The number of hydrogen-bond acceptors (Lipinski definition) is 5. The number of alkyl halides is 3. The van der Waals surface area contributed by atoms with Gasteiger partial charge in [0.05, 0.1) is 11.6 Å². The van der Waals surface area contributed by atoms with Gasteiger partial charge in [-0.3, -0.25) is 9.59 Å². The number of pyridine rings is 1. The highest BCUT2D eigenvalue weighted by atomic mass is 35.5. The van der Waals surface area contributed by atoms with Gasteiger partial charge in [0.15, 0.2) is 5.65 Å². The van der Waals surface area contributed by atoms with Crippen molar-refractivity contribution in [3.63, 3.8) is 0 Å². The van der Waals surface area contributed by atoms with Crippen LogP contribution >= 0.6 is 11.6 Å². The lowest BCUT2D eigenvalue weighted by atomic mass is 9.92. The molecule has 3 heterocycles. The maximum absolute atomic E-state index is 14.2. The second-order valence-corrected chi connectivity index (χ2v) is 9.83. The highest BCUT2D eigenvalue weighted by molar-refractivity contribution is 6.31. The van der Waals surface area contributed by atoms with E-state index in [1.807, 2.05) is 0 Å². The Balaban J connectivity index is 1.51. The molecule has 0 bridgehead atoms. The van der Waals surface area contributed by atoms with E-state index < -0.39 is 46.8 Å². The van der Waals surface area contributed by atoms with Crippen LogP contribution in [0.3, 0.4) is 0 Å². The molecule has 5 aromatic rings. The van der Waals surface area contributed by atoms with Crippen LogP contribution in [0.15, 0.2) is 66.9 Å². The summed E-state index contributed by atoms with van der Waals surface area (Å²) in [6.45, 7) is 0. The van der Waals surface area contributed by atoms with Gasteiger partial charge in [-0.2, -0.15) is 18.2 Å². The quantitative estimate of drug-likeness (QED) is 0.219. The number of nitrogens with one attached hydrogen (secondary N) is 2. The van der Waals surface area contributed by atoms with Gasteiger partial charge < -0.3 is 16.4 Å². The molecule has 0 radical (unpaired) electrons. The topological polar surface area (TPSA) is 114 Å². The van der Waals surface area contributed by atoms with E-state index in [1.54, 1.807) is 18.3 Å². The first-order chi connectivity index (χ1) is 19.9. The van der Waals surface area contributed by atoms with Crippen molar-refractivity contribution >= 4 is 40.7 Å². The SMILES string of the molecule is Nc1nc2cc(-c3cc(NC(=O)c4cc(F)cc(C(F)(F)F)c4)c4c(c3)C(=O)N[C@H]4c3cc(F)ccc3Cl)ccn2n1. The molecule has 1 aliphatic heterocycles. The van der Waals surface area contributed by atoms with Crippen LogP contribution in [0.4, 0.5) is 33.6 Å². The Morgan fingerprint density at radius 3 is 2.55 bits per heavy atom. The van der Waals surface area contributed by atoms with Crippen molar-refractivity contribution in [2.45, 2.75) is 12.2 Å². The van der Waals surface area contributed by atoms with Crippen LogP contribution in [0.1, 0.15) is 43.4 Å². The molecule has 4 N–H and O–H groups in total. The highest BCUT2D eigenvalue weighted by Crippen LogP contribution is 2.42. The average Bonchev–Trinajstić information content (AvgIpc) is 3.47. The van der Waals surface area contributed by atoms with Crippen LogP contribution in [0.2, 0.25) is 5.02 Å². The molecule has 42 heavy (non-hydrogen) atoms. The lowest BCUT2D eigenvalue weighted by Crippen LogP contribution is -2.21. The van der Waals surface area contributed by atoms with Crippen molar-refractivity contribution in [2.24, 2.45) is 0 Å². The molecular formula is C28H16ClF5N6O2. The van der Waals surface area contributed by atoms with E-state index in [4.69, 9.17) is 17.3 Å². The molecule has 0 unspecified atom stereocenters. The number of aromatic nitrogens is 3. The van der Waals surface area contributed by atoms with Gasteiger partial charge in [-0.15, -0.1) is 5.10 Å². The molecule has 2 aromatic heterocycles. The van der Waals surface area contributed by atoms with Gasteiger partial charge in [0.25, 0.3) is 11.8 Å². The summed E-state index contributed by atoms with van der Waals surface area (Å²) in [7, 11) is 0. The van der Waals surface area contributed by atoms with E-state index in [2.05, 4.69) is 20.7 Å². The summed E-state index contributed by atoms with van der Waals surface area (Å²) < 4.78 is 69.7. The number of halogens is 6. The average molecular weight is 599 g/mol. The summed E-state index contributed by atoms with van der Waals surface area (Å²) in [6, 6.07) is 10.2. The van der Waals surface area contributed by atoms with E-state index in [-0.39, 0.29) is 39.4 Å². The van der Waals surface area contributed by atoms with Crippen molar-refractivity contribution < 1.29 is 31.5 Å². The number of fused-ring (bicyclic) bond motifs is 2. The first kappa shape index (κ1) is 27.1. The molecule has 3 aromatic carbocycles. The number of carbonyl (C=O) groups is 2. The largest absolute Gasteiger partial charge is 0.416 e. The number of carbonyl (C=O) groups excluding carboxylic acids is 2. The van der Waals surface area contributed by atoms with Crippen molar-refractivity contribution in [3.8, 4) is 11.1 Å². The molecule has 212 valence electrons. The van der Waals surface area contributed by atoms with Gasteiger partial charge in [0, 0.05) is 39.2 Å². The molecule has 1 atom stereocenters. The fourth-order valence-corrected chi connectivity index (χ4v) is 5.06. The Kier molecular flexibility index (Phi) is 6.34. The Bertz CT molecular complexity index is 1940. The fraction of sp³-hybridized carbons (Fsp3) is 0.0714. The molecular weight excluding hydrogens is 583 g/mol. The minimum Gasteiger partial charge on any atom is -0.366 e. The van der Waals surface area contributed by atoms with Crippen molar-refractivity contribution in [3.05, 3.63) is 111 Å². The number of anilines is 2. The van der Waals surface area contributed by atoms with Crippen LogP contribution in [0.25, 0.3) is 16.8 Å². The number of nitrogens with zero attached hydrogens (tertiary/aromatic N) is 3. The zero-order chi connectivity index (χ0) is 29.9. The number of rotatable bonds is 4. The Hall–Kier alpha value is -5.04. The molecule has 2 amide bonds. The zero-order valence-electron chi connectivity index (χ0n) is 20.9. The minimum atomic E-state index is -4.91. The zero-order valence-corrected chi connectivity index (χ0v) is 21.7. The Morgan fingerprint density at radius 1 is 1.00 bits per heavy atom. The second-order valence-electron chi connectivity index (χ2n) is 9.43. The normalized spacial score (nSPS) is 14.6. The number of nitrogens with two attached hydrogens (primary N) is 1. The molecule has 1 aliphatic rings. The van der Waals surface area contributed by atoms with E-state index >= 15 is 0 Å². The summed E-state index contributed by atoms with van der Waals surface area (Å²) in [5.41, 5.74) is 5.46. The minimum absolute atomic E-state index is 0.00477. The summed E-state index contributed by atoms with van der Waals surface area (Å²) in [4.78, 5) is 30.5. The molecule has 0 saturated carbocycles. The smallest absolute Gasteiger partial charge is 0.366 e. The van der Waals surface area contributed by atoms with Gasteiger partial charge in [0.1, 0.15) is 11.6 Å². The maximum atomic E-state index is 14.2. The molecule has 0 fully saturated rings. The van der Waals surface area contributed by atoms with E-state index in [0.717, 1.165) is 12.1 Å². The third-order valence-corrected chi connectivity index (χ3v) is 7.02. The first-order valence-electron chi connectivity index (χ1n) is 12.1. The number of nitrogen functional groups attached to an aromatic ring is 1. The van der Waals surface area contributed by atoms with E-state index in [9.17, 15) is 31.5 Å². The van der Waals surface area contributed by atoms with E-state index in [1.165, 1.54) is 22.7 Å². The summed E-state index contributed by atoms with van der Waals surface area (Å²) in [5.74, 6) is -3.54. The number of amides is 2. The van der Waals surface area contributed by atoms with Crippen molar-refractivity contribution in [2.75, 3.05) is 11.1 Å². The Labute approximate surface area is 237 Å². The van der Waals surface area contributed by atoms with Gasteiger partial charge >= 0.3 is 6.18 Å². The molecule has 0 spiro atoms. The highest BCUT2D eigenvalue weighted by Gasteiger charge is 2.36. The third-order valence-electron chi connectivity index (χ3n) is 6.68. The van der Waals surface area contributed by atoms with Crippen LogP contribution in [-0.2, 0) is 6.18 Å². The molecule has 8 nitrogen and oxygen atoms in total. The molecule has 14 heteroatoms. The van der Waals surface area contributed by atoms with Crippen LogP contribution in [0, 0.1) is 11.6 Å². The van der Waals surface area contributed by atoms with Gasteiger partial charge in [-0.1, -0.05) is 11.6 Å². The Morgan fingerprint density at radius 2 is 1.79 bits per heavy atom. The standard InChI is InChI=1S/C28H16ClF5N6O2/c29-20-2-1-16(30)11-18(20)24-23-19(26(42)38-24)7-13(12-3-4-40-22(9-12)37-27(35)39-40)8-21(23)36-25(41)14-5-15(28(32,33)34)10-17(31)6-14/h1-11,24H,(H2,35,39)(H,36,41)(H,38,42)/t24-/m0/s1. The fourth-order valence-electron chi connectivity index (χ4n) is 4.83. The predicted molar refractivity (Wildman–Crippen MR) is 143 cm³/mol. The second kappa shape index (κ2) is 9.80. The summed E-state index contributed by atoms with van der Waals surface area (Å²) in [5, 5.41) is 9.35. The molecule has 6 rings (SSSR count). The lowest BCUT2D eigenvalue weighted by molar-refractivity contribution is -0.137. The number of benzene rings is 3. The lowest BCUT2D eigenvalue weighted by Gasteiger charge is -2.19. The van der Waals surface area contributed by atoms with E-state index in [0.29, 0.717) is 28.9 Å². The first-order valence-corrected chi connectivity index (χ1v) is 12.5. The third kappa shape index (κ3) is 4.87.